The predicted molar refractivity (Wildman–Crippen MR) is 84.9 cm³/mol. The maximum Gasteiger partial charge on any atom is 0.355 e. The van der Waals surface area contributed by atoms with Crippen molar-refractivity contribution in [2.24, 2.45) is 0 Å². The minimum atomic E-state index is -0.912. The third kappa shape index (κ3) is 7.41. The fraction of sp³-hybridized carbons (Fsp3) is 0.556. The SMILES string of the molecule is [3H][P+](P)=S.[B]B([B])[C@H](O)c1ccc(CCCC)o1. The molecule has 3 atom stereocenters. The maximum absolute atomic E-state index is 9.49. The molecule has 8 heteroatoms. The van der Waals surface area contributed by atoms with Crippen molar-refractivity contribution in [3.05, 3.63) is 23.7 Å². The second-order valence-electron chi connectivity index (χ2n) is 3.54. The molecule has 0 bridgehead atoms. The fourth-order valence-corrected chi connectivity index (χ4v) is 1.23. The van der Waals surface area contributed by atoms with Gasteiger partial charge >= 0.3 is 1.28 Å². The highest BCUT2D eigenvalue weighted by Crippen LogP contribution is 2.18. The van der Waals surface area contributed by atoms with Crippen molar-refractivity contribution in [2.75, 3.05) is 0 Å². The number of aryl methyl sites for hydroxylation is 1. The van der Waals surface area contributed by atoms with Crippen LogP contribution in [-0.2, 0) is 18.2 Å². The number of unbranched alkanes of at least 4 members (excludes halogenated alkanes) is 1. The number of aliphatic hydroxyl groups is 1. The summed E-state index contributed by atoms with van der Waals surface area (Å²) in [5.41, 5.74) is 0. The first-order chi connectivity index (χ1) is 8.38. The highest BCUT2D eigenvalue weighted by Gasteiger charge is 2.16. The summed E-state index contributed by atoms with van der Waals surface area (Å²) in [7, 11) is 12.9. The van der Waals surface area contributed by atoms with Crippen LogP contribution in [0.25, 0.3) is 0 Å². The summed E-state index contributed by atoms with van der Waals surface area (Å²) in [5.74, 6) is 1.33. The molecule has 88 valence electrons. The minimum Gasteiger partial charge on any atom is -0.464 e. The molecule has 4 radical (unpaired) electrons. The third-order valence-corrected chi connectivity index (χ3v) is 2.12. The van der Waals surface area contributed by atoms with Crippen LogP contribution in [0.5, 0.6) is 0 Å². The average Bonchev–Trinajstić information content (AvgIpc) is 2.72. The molecule has 0 aliphatic heterocycles. The van der Waals surface area contributed by atoms with Gasteiger partial charge in [0.15, 0.2) is 18.8 Å². The molecule has 0 aliphatic rings. The van der Waals surface area contributed by atoms with Crippen molar-refractivity contribution in [3.63, 3.8) is 0 Å². The molecule has 2 nitrogen and oxygen atoms in total. The molecule has 0 aliphatic carbocycles. The molecule has 1 heterocycles. The van der Waals surface area contributed by atoms with Gasteiger partial charge in [-0.3, -0.25) is 0 Å². The molecule has 1 aromatic heterocycles. The van der Waals surface area contributed by atoms with E-state index in [1.165, 1.54) is 0 Å². The Hall–Kier alpha value is 0.385. The van der Waals surface area contributed by atoms with Gasteiger partial charge in [-0.05, 0) is 18.6 Å². The fourth-order valence-electron chi connectivity index (χ4n) is 1.23. The lowest BCUT2D eigenvalue weighted by Gasteiger charge is -2.09. The molecule has 0 fully saturated rings. The average molecular weight is 285 g/mol. The molecule has 2 unspecified atom stereocenters. The monoisotopic (exact) mass is 285 g/mol. The Labute approximate surface area is 116 Å². The standard InChI is InChI=1S/C9H13B3O2.H2P2S/c1-2-3-4-7-5-6-8(14-7)9(13)12(10)11;1-2-3/h5-6,9,13H,2-4H2,1H3;1H2/p+1/t9-;/m1./s1/i/hT. The first-order valence-electron chi connectivity index (χ1n) is 5.81. The quantitative estimate of drug-likeness (QED) is 0.663. The van der Waals surface area contributed by atoms with E-state index in [0.717, 1.165) is 25.0 Å². The van der Waals surface area contributed by atoms with E-state index in [1.54, 1.807) is 6.07 Å². The molecular formula is C9H16B3O2P2S+. The molecule has 0 amide bonds. The highest BCUT2D eigenvalue weighted by molar-refractivity contribution is 8.24. The van der Waals surface area contributed by atoms with Gasteiger partial charge in [-0.25, -0.2) is 0 Å². The molecule has 1 aromatic rings. The van der Waals surface area contributed by atoms with Gasteiger partial charge in [-0.1, -0.05) is 13.3 Å². The lowest BCUT2D eigenvalue weighted by atomic mass is 9.16. The molecule has 0 saturated carbocycles. The molecule has 0 saturated heterocycles. The summed E-state index contributed by atoms with van der Waals surface area (Å²) in [5, 5.41) is 9.49. The smallest absolute Gasteiger partial charge is 0.355 e. The van der Waals surface area contributed by atoms with Crippen LogP contribution in [0.3, 0.4) is 0 Å². The zero-order valence-electron chi connectivity index (χ0n) is 10.9. The van der Waals surface area contributed by atoms with Crippen molar-refractivity contribution in [3.8, 4) is 0 Å². The molecular weight excluding hydrogens is 267 g/mol. The van der Waals surface area contributed by atoms with E-state index in [2.05, 4.69) is 27.7 Å². The zero-order valence-corrected chi connectivity index (χ0v) is 12.7. The number of rotatable bonds is 5. The molecule has 1 rings (SSSR count). The van der Waals surface area contributed by atoms with Gasteiger partial charge in [0, 0.05) is 21.9 Å². The summed E-state index contributed by atoms with van der Waals surface area (Å²) in [6, 6.07) is 2.67. The minimum absolute atomic E-state index is 0.450. The van der Waals surface area contributed by atoms with Gasteiger partial charge in [0.2, 0.25) is 0 Å². The van der Waals surface area contributed by atoms with Crippen LogP contribution in [0.1, 0.15) is 37.3 Å². The van der Waals surface area contributed by atoms with Gasteiger partial charge in [-0.15, -0.1) is 0 Å². The Bertz CT molecular complexity index is 361. The molecule has 17 heavy (non-hydrogen) atoms. The van der Waals surface area contributed by atoms with Gasteiger partial charge in [0.25, 0.3) is 0 Å². The Morgan fingerprint density at radius 2 is 2.29 bits per heavy atom. The first kappa shape index (κ1) is 15.4. The van der Waals surface area contributed by atoms with E-state index >= 15 is 0 Å². The summed E-state index contributed by atoms with van der Waals surface area (Å²) < 4.78 is 11.8. The zero-order chi connectivity index (χ0) is 14.1. The van der Waals surface area contributed by atoms with E-state index in [-0.39, 0.29) is 0 Å². The summed E-state index contributed by atoms with van der Waals surface area (Å²) in [4.78, 5) is 0. The van der Waals surface area contributed by atoms with Crippen LogP contribution in [0, 0.1) is 0 Å². The first-order valence-corrected chi connectivity index (χ1v) is 8.89. The van der Waals surface area contributed by atoms with Crippen molar-refractivity contribution in [1.29, 1.82) is 1.28 Å². The van der Waals surface area contributed by atoms with Crippen LogP contribution in [0.4, 0.5) is 0 Å². The van der Waals surface area contributed by atoms with Crippen molar-refractivity contribution in [1.82, 2.24) is 0 Å². The van der Waals surface area contributed by atoms with Gasteiger partial charge < -0.3 is 9.52 Å². The molecule has 0 spiro atoms. The van der Waals surface area contributed by atoms with E-state index in [4.69, 9.17) is 21.2 Å². The summed E-state index contributed by atoms with van der Waals surface area (Å²) in [6.07, 6.45) is 3.09. The maximum atomic E-state index is 9.49. The Kier molecular flexibility index (Phi) is 9.37. The Morgan fingerprint density at radius 1 is 1.71 bits per heavy atom. The number of hydrogen-bond donors (Lipinski definition) is 1. The normalized spacial score (nSPS) is 13.1. The van der Waals surface area contributed by atoms with Crippen molar-refractivity contribution >= 4 is 49.7 Å². The van der Waals surface area contributed by atoms with Crippen LogP contribution in [0.15, 0.2) is 16.5 Å². The van der Waals surface area contributed by atoms with Crippen LogP contribution < -0.4 is 0 Å². The number of hydrogen-bond acceptors (Lipinski definition) is 3. The van der Waals surface area contributed by atoms with Crippen molar-refractivity contribution < 1.29 is 9.52 Å². The van der Waals surface area contributed by atoms with Crippen LogP contribution in [0.2, 0.25) is 0 Å². The number of aliphatic hydroxyl groups excluding tert-OH is 1. The van der Waals surface area contributed by atoms with E-state index < -0.39 is 19.5 Å². The van der Waals surface area contributed by atoms with Crippen LogP contribution in [-0.4, -0.2) is 28.4 Å². The van der Waals surface area contributed by atoms with E-state index in [0.29, 0.717) is 5.76 Å². The van der Waals surface area contributed by atoms with Crippen molar-refractivity contribution in [2.45, 2.75) is 32.2 Å². The third-order valence-electron chi connectivity index (χ3n) is 2.12. The Balaban J connectivity index is 0.000000631. The molecule has 1 N–H and O–H groups in total. The largest absolute Gasteiger partial charge is 0.464 e. The van der Waals surface area contributed by atoms with Gasteiger partial charge in [0.05, 0.1) is 21.4 Å². The highest BCUT2D eigenvalue weighted by atomic mass is 32.6. The van der Waals surface area contributed by atoms with E-state index in [9.17, 15) is 5.11 Å². The second kappa shape index (κ2) is 10.3. The van der Waals surface area contributed by atoms with Gasteiger partial charge in [0.1, 0.15) is 11.5 Å². The topological polar surface area (TPSA) is 33.4 Å². The van der Waals surface area contributed by atoms with E-state index in [1.807, 2.05) is 6.07 Å². The summed E-state index contributed by atoms with van der Waals surface area (Å²) >= 11 is 4.31. The lowest BCUT2D eigenvalue weighted by Crippen LogP contribution is -2.24. The lowest BCUT2D eigenvalue weighted by molar-refractivity contribution is 0.222. The van der Waals surface area contributed by atoms with Gasteiger partial charge in [-0.2, -0.15) is 0 Å². The summed E-state index contributed by atoms with van der Waals surface area (Å²) in [6.45, 7) is 0.458. The Morgan fingerprint density at radius 3 is 2.76 bits per heavy atom. The molecule has 0 aromatic carbocycles. The predicted octanol–water partition coefficient (Wildman–Crippen LogP) is 1.94. The van der Waals surface area contributed by atoms with Crippen LogP contribution >= 0.6 is 15.9 Å². The number of furan rings is 1. The second-order valence-corrected chi connectivity index (χ2v) is 6.28.